The summed E-state index contributed by atoms with van der Waals surface area (Å²) in [5, 5.41) is 12.2. The van der Waals surface area contributed by atoms with Crippen LogP contribution in [0.4, 0.5) is 0 Å². The molecule has 7 nitrogen and oxygen atoms in total. The van der Waals surface area contributed by atoms with Gasteiger partial charge in [-0.15, -0.1) is 0 Å². The third-order valence-corrected chi connectivity index (χ3v) is 4.52. The molecule has 2 N–H and O–H groups in total. The summed E-state index contributed by atoms with van der Waals surface area (Å²) in [7, 11) is 0. The number of hydrogen-bond acceptors (Lipinski definition) is 5. The molecule has 1 aliphatic rings. The summed E-state index contributed by atoms with van der Waals surface area (Å²) >= 11 is 0. The largest absolute Gasteiger partial charge is 0.494 e. The molecule has 0 bridgehead atoms. The minimum atomic E-state index is -0.961. The van der Waals surface area contributed by atoms with E-state index in [1.165, 1.54) is 0 Å². The predicted octanol–water partition coefficient (Wildman–Crippen LogP) is 2.93. The molecule has 144 valence electrons. The second-order valence-electron chi connectivity index (χ2n) is 6.77. The Labute approximate surface area is 157 Å². The van der Waals surface area contributed by atoms with Gasteiger partial charge in [0.15, 0.2) is 5.89 Å². The van der Waals surface area contributed by atoms with Gasteiger partial charge in [-0.1, -0.05) is 12.1 Å². The molecule has 1 heterocycles. The quantitative estimate of drug-likeness (QED) is 0.702. The van der Waals surface area contributed by atoms with Crippen molar-refractivity contribution in [3.63, 3.8) is 0 Å². The summed E-state index contributed by atoms with van der Waals surface area (Å²) in [6.45, 7) is 4.22. The zero-order chi connectivity index (χ0) is 19.4. The van der Waals surface area contributed by atoms with Gasteiger partial charge < -0.3 is 19.6 Å². The molecular weight excluding hydrogens is 348 g/mol. The highest BCUT2D eigenvalue weighted by Gasteiger charge is 2.31. The van der Waals surface area contributed by atoms with Crippen LogP contribution in [-0.4, -0.2) is 35.1 Å². The van der Waals surface area contributed by atoms with Crippen LogP contribution in [-0.2, 0) is 11.2 Å². The molecule has 1 amide bonds. The Morgan fingerprint density at radius 1 is 1.33 bits per heavy atom. The average Bonchev–Trinajstić information content (AvgIpc) is 3.42. The smallest absolute Gasteiger partial charge is 0.308 e. The van der Waals surface area contributed by atoms with E-state index in [0.29, 0.717) is 30.5 Å². The molecule has 27 heavy (non-hydrogen) atoms. The van der Waals surface area contributed by atoms with Gasteiger partial charge in [0.1, 0.15) is 5.75 Å². The Balaban J connectivity index is 1.59. The summed E-state index contributed by atoms with van der Waals surface area (Å²) in [6, 6.07) is 7.30. The van der Waals surface area contributed by atoms with Crippen LogP contribution < -0.4 is 10.1 Å². The van der Waals surface area contributed by atoms with Gasteiger partial charge in [0.2, 0.25) is 5.76 Å². The van der Waals surface area contributed by atoms with E-state index in [0.717, 1.165) is 24.2 Å². The number of benzene rings is 1. The van der Waals surface area contributed by atoms with E-state index in [1.807, 2.05) is 31.2 Å². The number of aryl methyl sites for hydroxylation is 1. The van der Waals surface area contributed by atoms with E-state index in [1.54, 1.807) is 6.92 Å². The highest BCUT2D eigenvalue weighted by atomic mass is 16.5. The van der Waals surface area contributed by atoms with Crippen molar-refractivity contribution >= 4 is 11.9 Å². The average molecular weight is 372 g/mol. The number of nitrogens with one attached hydrogen (secondary N) is 1. The number of rotatable bonds is 9. The van der Waals surface area contributed by atoms with Gasteiger partial charge in [0.25, 0.3) is 5.91 Å². The number of aromatic nitrogens is 1. The fourth-order valence-electron chi connectivity index (χ4n) is 2.85. The third kappa shape index (κ3) is 4.87. The topological polar surface area (TPSA) is 102 Å². The van der Waals surface area contributed by atoms with Crippen LogP contribution in [0.25, 0.3) is 0 Å². The van der Waals surface area contributed by atoms with Crippen LogP contribution in [0.15, 0.2) is 28.7 Å². The first kappa shape index (κ1) is 18.9. The molecule has 1 unspecified atom stereocenters. The van der Waals surface area contributed by atoms with Gasteiger partial charge in [-0.2, -0.15) is 0 Å². The lowest BCUT2D eigenvalue weighted by Gasteiger charge is -2.13. The summed E-state index contributed by atoms with van der Waals surface area (Å²) < 4.78 is 10.9. The number of amides is 1. The molecular formula is C20H24N2O5. The monoisotopic (exact) mass is 372 g/mol. The first-order chi connectivity index (χ1) is 13.0. The van der Waals surface area contributed by atoms with Gasteiger partial charge in [0.05, 0.1) is 18.2 Å². The molecule has 1 fully saturated rings. The molecule has 0 aliphatic heterocycles. The summed E-state index contributed by atoms with van der Waals surface area (Å²) in [5.74, 6) is -0.297. The number of carboxylic acid groups (broad SMARTS) is 1. The number of ether oxygens (including phenoxy) is 1. The lowest BCUT2D eigenvalue weighted by atomic mass is 9.99. The van der Waals surface area contributed by atoms with Crippen molar-refractivity contribution in [1.82, 2.24) is 10.3 Å². The fraction of sp³-hybridized carbons (Fsp3) is 0.450. The molecule has 0 saturated heterocycles. The van der Waals surface area contributed by atoms with Gasteiger partial charge in [0, 0.05) is 12.5 Å². The lowest BCUT2D eigenvalue weighted by Crippen LogP contribution is -2.34. The second kappa shape index (κ2) is 8.24. The maximum Gasteiger partial charge on any atom is 0.308 e. The molecule has 0 spiro atoms. The van der Waals surface area contributed by atoms with E-state index in [9.17, 15) is 14.7 Å². The van der Waals surface area contributed by atoms with Gasteiger partial charge in [-0.3, -0.25) is 9.59 Å². The Morgan fingerprint density at radius 2 is 2.04 bits per heavy atom. The number of oxazole rings is 1. The van der Waals surface area contributed by atoms with E-state index < -0.39 is 17.8 Å². The van der Waals surface area contributed by atoms with Crippen LogP contribution in [0, 0.1) is 12.8 Å². The van der Waals surface area contributed by atoms with E-state index in [-0.39, 0.29) is 12.3 Å². The number of carbonyl (C=O) groups excluding carboxylic acids is 1. The Hall–Kier alpha value is -2.83. The summed E-state index contributed by atoms with van der Waals surface area (Å²) in [6.07, 6.45) is 2.37. The molecule has 1 aromatic carbocycles. The van der Waals surface area contributed by atoms with Crippen molar-refractivity contribution in [3.05, 3.63) is 47.2 Å². The molecule has 1 atom stereocenters. The number of hydrogen-bond donors (Lipinski definition) is 2. The summed E-state index contributed by atoms with van der Waals surface area (Å²) in [4.78, 5) is 28.2. The van der Waals surface area contributed by atoms with Crippen molar-refractivity contribution in [2.45, 2.75) is 39.0 Å². The van der Waals surface area contributed by atoms with Crippen molar-refractivity contribution in [1.29, 1.82) is 0 Å². The molecule has 3 rings (SSSR count). The molecule has 0 radical (unpaired) electrons. The maximum absolute atomic E-state index is 12.4. The fourth-order valence-corrected chi connectivity index (χ4v) is 2.85. The highest BCUT2D eigenvalue weighted by Crippen LogP contribution is 2.40. The SMILES string of the molecule is CCOc1ccc(CC(CNC(=O)c2oc(C3CC3)nc2C)C(=O)O)cc1. The predicted molar refractivity (Wildman–Crippen MR) is 98.0 cm³/mol. The third-order valence-electron chi connectivity index (χ3n) is 4.52. The standard InChI is InChI=1S/C20H24N2O5/c1-3-26-16-8-4-13(5-9-16)10-15(20(24)25)11-21-18(23)17-12(2)22-19(27-17)14-6-7-14/h4-5,8-9,14-15H,3,6-7,10-11H2,1-2H3,(H,21,23)(H,24,25). The minimum Gasteiger partial charge on any atom is -0.494 e. The van der Waals surface area contributed by atoms with E-state index >= 15 is 0 Å². The molecule has 1 aliphatic carbocycles. The molecule has 7 heteroatoms. The molecule has 1 saturated carbocycles. The maximum atomic E-state index is 12.4. The number of aliphatic carboxylic acids is 1. The number of carboxylic acids is 1. The Bertz CT molecular complexity index is 808. The Morgan fingerprint density at radius 3 is 2.63 bits per heavy atom. The van der Waals surface area contributed by atoms with Gasteiger partial charge in [-0.25, -0.2) is 4.98 Å². The molecule has 2 aromatic rings. The van der Waals surface area contributed by atoms with Crippen molar-refractivity contribution < 1.29 is 23.8 Å². The highest BCUT2D eigenvalue weighted by molar-refractivity contribution is 5.92. The van der Waals surface area contributed by atoms with Crippen molar-refractivity contribution in [3.8, 4) is 5.75 Å². The number of nitrogens with zero attached hydrogens (tertiary/aromatic N) is 1. The van der Waals surface area contributed by atoms with Crippen LogP contribution in [0.2, 0.25) is 0 Å². The second-order valence-corrected chi connectivity index (χ2v) is 6.77. The summed E-state index contributed by atoms with van der Waals surface area (Å²) in [5.41, 5.74) is 1.40. The zero-order valence-corrected chi connectivity index (χ0v) is 15.5. The first-order valence-corrected chi connectivity index (χ1v) is 9.18. The van der Waals surface area contributed by atoms with E-state index in [4.69, 9.17) is 9.15 Å². The van der Waals surface area contributed by atoms with E-state index in [2.05, 4.69) is 10.3 Å². The van der Waals surface area contributed by atoms with Crippen molar-refractivity contribution in [2.75, 3.05) is 13.2 Å². The minimum absolute atomic E-state index is 0.0142. The van der Waals surface area contributed by atoms with Gasteiger partial charge >= 0.3 is 5.97 Å². The first-order valence-electron chi connectivity index (χ1n) is 9.18. The van der Waals surface area contributed by atoms with Crippen LogP contribution in [0.3, 0.4) is 0 Å². The lowest BCUT2D eigenvalue weighted by molar-refractivity contribution is -0.141. The zero-order valence-electron chi connectivity index (χ0n) is 15.5. The van der Waals surface area contributed by atoms with Gasteiger partial charge in [-0.05, 0) is 50.8 Å². The Kier molecular flexibility index (Phi) is 5.78. The van der Waals surface area contributed by atoms with Crippen molar-refractivity contribution in [2.24, 2.45) is 5.92 Å². The normalized spacial score (nSPS) is 14.6. The molecule has 1 aromatic heterocycles. The van der Waals surface area contributed by atoms with Crippen LogP contribution in [0.5, 0.6) is 5.75 Å². The number of carbonyl (C=O) groups is 2. The van der Waals surface area contributed by atoms with Crippen LogP contribution in [0.1, 0.15) is 53.4 Å². The van der Waals surface area contributed by atoms with Crippen LogP contribution >= 0.6 is 0 Å².